The van der Waals surface area contributed by atoms with E-state index in [0.717, 1.165) is 12.0 Å². The first kappa shape index (κ1) is 15.8. The van der Waals surface area contributed by atoms with E-state index < -0.39 is 0 Å². The number of nitrogens with one attached hydrogen (secondary N) is 2. The monoisotopic (exact) mass is 321 g/mol. The molecule has 0 atom stereocenters. The number of aryl methyl sites for hydroxylation is 1. The minimum Gasteiger partial charge on any atom is -0.354 e. The van der Waals surface area contributed by atoms with Crippen molar-refractivity contribution in [1.82, 2.24) is 10.5 Å². The highest BCUT2D eigenvalue weighted by molar-refractivity contribution is 5.88. The quantitative estimate of drug-likeness (QED) is 0.746. The van der Waals surface area contributed by atoms with Crippen molar-refractivity contribution >= 4 is 11.8 Å². The molecule has 0 aliphatic rings. The number of rotatable bonds is 5. The molecule has 5 nitrogen and oxygen atoms in total. The van der Waals surface area contributed by atoms with E-state index in [-0.39, 0.29) is 6.03 Å². The fourth-order valence-electron chi connectivity index (χ4n) is 2.31. The van der Waals surface area contributed by atoms with Crippen LogP contribution in [0.1, 0.15) is 11.1 Å². The Balaban J connectivity index is 1.48. The summed E-state index contributed by atoms with van der Waals surface area (Å²) in [6.45, 7) is 2.61. The Morgan fingerprint density at radius 1 is 1.08 bits per heavy atom. The molecule has 5 heteroatoms. The van der Waals surface area contributed by atoms with Crippen LogP contribution in [0, 0.1) is 6.92 Å². The summed E-state index contributed by atoms with van der Waals surface area (Å²) in [5.74, 6) is 1.01. The fraction of sp³-hybridized carbons (Fsp3) is 0.158. The Labute approximate surface area is 140 Å². The fourth-order valence-corrected chi connectivity index (χ4v) is 2.31. The molecule has 0 spiro atoms. The molecule has 24 heavy (non-hydrogen) atoms. The molecule has 1 aromatic heterocycles. The molecule has 0 saturated carbocycles. The lowest BCUT2D eigenvalue weighted by Gasteiger charge is -2.05. The number of benzene rings is 2. The highest BCUT2D eigenvalue weighted by atomic mass is 16.5. The molecule has 0 saturated heterocycles. The minimum atomic E-state index is -0.296. The van der Waals surface area contributed by atoms with E-state index in [1.165, 1.54) is 11.1 Å². The molecule has 2 N–H and O–H groups in total. The van der Waals surface area contributed by atoms with Gasteiger partial charge in [0, 0.05) is 18.2 Å². The molecule has 2 aromatic carbocycles. The topological polar surface area (TPSA) is 67.2 Å². The van der Waals surface area contributed by atoms with Gasteiger partial charge in [-0.3, -0.25) is 5.32 Å². The van der Waals surface area contributed by atoms with E-state index in [0.29, 0.717) is 18.1 Å². The largest absolute Gasteiger partial charge is 0.354 e. The second-order valence-corrected chi connectivity index (χ2v) is 5.56. The van der Waals surface area contributed by atoms with Crippen LogP contribution >= 0.6 is 0 Å². The zero-order valence-electron chi connectivity index (χ0n) is 13.5. The van der Waals surface area contributed by atoms with Crippen molar-refractivity contribution in [2.24, 2.45) is 0 Å². The van der Waals surface area contributed by atoms with Crippen LogP contribution in [-0.4, -0.2) is 17.7 Å². The minimum absolute atomic E-state index is 0.296. The van der Waals surface area contributed by atoms with Crippen molar-refractivity contribution in [3.05, 3.63) is 71.8 Å². The highest BCUT2D eigenvalue weighted by Crippen LogP contribution is 2.21. The van der Waals surface area contributed by atoms with Gasteiger partial charge in [-0.25, -0.2) is 4.79 Å². The van der Waals surface area contributed by atoms with E-state index in [2.05, 4.69) is 47.0 Å². The summed E-state index contributed by atoms with van der Waals surface area (Å²) in [6, 6.07) is 19.3. The second kappa shape index (κ2) is 7.46. The molecule has 0 aliphatic heterocycles. The van der Waals surface area contributed by atoms with Gasteiger partial charge in [-0.15, -0.1) is 0 Å². The maximum absolute atomic E-state index is 11.9. The van der Waals surface area contributed by atoms with Gasteiger partial charge in [0.25, 0.3) is 0 Å². The smallest absolute Gasteiger partial charge is 0.320 e. The lowest BCUT2D eigenvalue weighted by Crippen LogP contribution is -2.30. The van der Waals surface area contributed by atoms with Gasteiger partial charge in [-0.2, -0.15) is 0 Å². The third-order valence-electron chi connectivity index (χ3n) is 3.63. The van der Waals surface area contributed by atoms with Gasteiger partial charge in [0.15, 0.2) is 11.6 Å². The average molecular weight is 321 g/mol. The van der Waals surface area contributed by atoms with Crippen LogP contribution in [-0.2, 0) is 6.42 Å². The van der Waals surface area contributed by atoms with Gasteiger partial charge in [0.05, 0.1) is 0 Å². The number of nitrogens with zero attached hydrogens (tertiary/aromatic N) is 1. The SMILES string of the molecule is Cc1ccc(CCNC(=O)Nc2cc(-c3ccccc3)on2)cc1. The van der Waals surface area contributed by atoms with Crippen molar-refractivity contribution in [3.63, 3.8) is 0 Å². The van der Waals surface area contributed by atoms with Crippen LogP contribution in [0.4, 0.5) is 10.6 Å². The molecule has 0 fully saturated rings. The molecule has 2 amide bonds. The number of carbonyl (C=O) groups excluding carboxylic acids is 1. The van der Waals surface area contributed by atoms with Gasteiger partial charge in [-0.05, 0) is 18.9 Å². The zero-order valence-corrected chi connectivity index (χ0v) is 13.5. The predicted molar refractivity (Wildman–Crippen MR) is 93.8 cm³/mol. The number of carbonyl (C=O) groups is 1. The second-order valence-electron chi connectivity index (χ2n) is 5.56. The number of hydrogen-bond donors (Lipinski definition) is 2. The lowest BCUT2D eigenvalue weighted by molar-refractivity contribution is 0.252. The van der Waals surface area contributed by atoms with E-state index in [1.807, 2.05) is 30.3 Å². The standard InChI is InChI=1S/C19H19N3O2/c1-14-7-9-15(10-8-14)11-12-20-19(23)21-18-13-17(24-22-18)16-5-3-2-4-6-16/h2-10,13H,11-12H2,1H3,(H2,20,21,22,23). The van der Waals surface area contributed by atoms with Crippen LogP contribution in [0.2, 0.25) is 0 Å². The first-order valence-electron chi connectivity index (χ1n) is 7.83. The van der Waals surface area contributed by atoms with Crippen molar-refractivity contribution in [1.29, 1.82) is 0 Å². The first-order chi connectivity index (χ1) is 11.7. The van der Waals surface area contributed by atoms with E-state index >= 15 is 0 Å². The molecule has 3 rings (SSSR count). The van der Waals surface area contributed by atoms with Crippen molar-refractivity contribution in [3.8, 4) is 11.3 Å². The number of urea groups is 1. The summed E-state index contributed by atoms with van der Waals surface area (Å²) >= 11 is 0. The van der Waals surface area contributed by atoms with Gasteiger partial charge in [0.2, 0.25) is 0 Å². The van der Waals surface area contributed by atoms with E-state index in [9.17, 15) is 4.79 Å². The van der Waals surface area contributed by atoms with Crippen LogP contribution in [0.5, 0.6) is 0 Å². The van der Waals surface area contributed by atoms with Crippen molar-refractivity contribution < 1.29 is 9.32 Å². The maximum Gasteiger partial charge on any atom is 0.320 e. The molecular weight excluding hydrogens is 302 g/mol. The zero-order chi connectivity index (χ0) is 16.8. The van der Waals surface area contributed by atoms with Crippen molar-refractivity contribution in [2.75, 3.05) is 11.9 Å². The molecular formula is C19H19N3O2. The summed E-state index contributed by atoms with van der Waals surface area (Å²) in [5.41, 5.74) is 3.33. The van der Waals surface area contributed by atoms with Crippen LogP contribution in [0.3, 0.4) is 0 Å². The van der Waals surface area contributed by atoms with Crippen LogP contribution in [0.25, 0.3) is 11.3 Å². The third kappa shape index (κ3) is 4.23. The Kier molecular flexibility index (Phi) is 4.91. The average Bonchev–Trinajstić information content (AvgIpc) is 3.06. The van der Waals surface area contributed by atoms with Gasteiger partial charge in [-0.1, -0.05) is 65.3 Å². The number of amides is 2. The summed E-state index contributed by atoms with van der Waals surface area (Å²) < 4.78 is 5.24. The number of hydrogen-bond acceptors (Lipinski definition) is 3. The van der Waals surface area contributed by atoms with Crippen LogP contribution in [0.15, 0.2) is 65.2 Å². The molecule has 3 aromatic rings. The Hall–Kier alpha value is -3.08. The van der Waals surface area contributed by atoms with Gasteiger partial charge in [0.1, 0.15) is 0 Å². The Bertz CT molecular complexity index is 795. The van der Waals surface area contributed by atoms with Gasteiger partial charge < -0.3 is 9.84 Å². The predicted octanol–water partition coefficient (Wildman–Crippen LogP) is 4.01. The van der Waals surface area contributed by atoms with Gasteiger partial charge >= 0.3 is 6.03 Å². The molecule has 122 valence electrons. The third-order valence-corrected chi connectivity index (χ3v) is 3.63. The summed E-state index contributed by atoms with van der Waals surface area (Å²) in [7, 11) is 0. The summed E-state index contributed by atoms with van der Waals surface area (Å²) in [6.07, 6.45) is 0.780. The van der Waals surface area contributed by atoms with E-state index in [4.69, 9.17) is 4.52 Å². The van der Waals surface area contributed by atoms with Crippen molar-refractivity contribution in [2.45, 2.75) is 13.3 Å². The van der Waals surface area contributed by atoms with Crippen LogP contribution < -0.4 is 10.6 Å². The van der Waals surface area contributed by atoms with E-state index in [1.54, 1.807) is 6.07 Å². The Morgan fingerprint density at radius 2 is 1.83 bits per heavy atom. The molecule has 0 bridgehead atoms. The molecule has 0 aliphatic carbocycles. The summed E-state index contributed by atoms with van der Waals surface area (Å²) in [5, 5.41) is 9.35. The molecule has 0 radical (unpaired) electrons. The highest BCUT2D eigenvalue weighted by Gasteiger charge is 2.08. The summed E-state index contributed by atoms with van der Waals surface area (Å²) in [4.78, 5) is 11.9. The molecule has 0 unspecified atom stereocenters. The Morgan fingerprint density at radius 3 is 2.58 bits per heavy atom. The lowest BCUT2D eigenvalue weighted by atomic mass is 10.1. The number of aromatic nitrogens is 1. The molecule has 1 heterocycles. The first-order valence-corrected chi connectivity index (χ1v) is 7.83. The maximum atomic E-state index is 11.9. The number of anilines is 1. The normalized spacial score (nSPS) is 10.4.